The number of rotatable bonds is 5. The highest BCUT2D eigenvalue weighted by Crippen LogP contribution is 2.44. The molecular weight excluding hydrogens is 405 g/mol. The van der Waals surface area contributed by atoms with E-state index in [4.69, 9.17) is 29.3 Å². The van der Waals surface area contributed by atoms with Crippen LogP contribution in [0.5, 0.6) is 17.2 Å². The van der Waals surface area contributed by atoms with Crippen molar-refractivity contribution in [3.05, 3.63) is 23.6 Å². The number of hydrogen-bond acceptors (Lipinski definition) is 7. The topological polar surface area (TPSA) is 83.0 Å². The number of oxazole rings is 1. The molecule has 2 aliphatic heterocycles. The second-order valence-electron chi connectivity index (χ2n) is 6.91. The molecule has 2 aliphatic rings. The molecule has 4 rings (SSSR count). The molecule has 0 spiro atoms. The number of methoxy groups -OCH3 is 1. The van der Waals surface area contributed by atoms with Gasteiger partial charge in [0.05, 0.1) is 12.8 Å². The summed E-state index contributed by atoms with van der Waals surface area (Å²) >= 11 is 0. The van der Waals surface area contributed by atoms with Crippen LogP contribution in [0.25, 0.3) is 11.5 Å². The van der Waals surface area contributed by atoms with E-state index in [9.17, 15) is 0 Å². The van der Waals surface area contributed by atoms with Gasteiger partial charge in [0.25, 0.3) is 0 Å². The summed E-state index contributed by atoms with van der Waals surface area (Å²) in [7, 11) is 1.61. The van der Waals surface area contributed by atoms with Crippen LogP contribution in [0.3, 0.4) is 0 Å². The number of nitrogens with two attached hydrogens (primary N) is 1. The van der Waals surface area contributed by atoms with E-state index in [0.717, 1.165) is 43.2 Å². The van der Waals surface area contributed by atoms with Crippen LogP contribution in [0.4, 0.5) is 0 Å². The largest absolute Gasteiger partial charge is 0.493 e. The molecule has 2 aromatic rings. The van der Waals surface area contributed by atoms with Gasteiger partial charge >= 0.3 is 0 Å². The van der Waals surface area contributed by atoms with E-state index in [1.54, 1.807) is 7.11 Å². The van der Waals surface area contributed by atoms with Gasteiger partial charge in [-0.3, -0.25) is 4.90 Å². The first-order chi connectivity index (χ1) is 12.7. The molecule has 1 aromatic heterocycles. The van der Waals surface area contributed by atoms with Crippen molar-refractivity contribution in [2.24, 2.45) is 11.7 Å². The summed E-state index contributed by atoms with van der Waals surface area (Å²) < 4.78 is 22.3. The number of aryl methyl sites for hydroxylation is 1. The lowest BCUT2D eigenvalue weighted by Gasteiger charge is -2.31. The Morgan fingerprint density at radius 1 is 1.29 bits per heavy atom. The maximum Gasteiger partial charge on any atom is 0.231 e. The Kier molecular flexibility index (Phi) is 7.83. The third kappa shape index (κ3) is 4.49. The molecule has 1 saturated heterocycles. The zero-order valence-electron chi connectivity index (χ0n) is 16.1. The predicted octanol–water partition coefficient (Wildman–Crippen LogP) is 3.40. The fraction of sp³-hybridized carbons (Fsp3) is 0.526. The first kappa shape index (κ1) is 22.6. The Labute approximate surface area is 177 Å². The second-order valence-corrected chi connectivity index (χ2v) is 6.91. The Hall–Kier alpha value is -1.67. The van der Waals surface area contributed by atoms with Crippen molar-refractivity contribution in [3.63, 3.8) is 0 Å². The van der Waals surface area contributed by atoms with Crippen LogP contribution >= 0.6 is 24.8 Å². The number of aromatic nitrogens is 1. The molecule has 3 heterocycles. The quantitative estimate of drug-likeness (QED) is 0.776. The number of halogens is 2. The van der Waals surface area contributed by atoms with Crippen LogP contribution in [0, 0.1) is 12.8 Å². The minimum absolute atomic E-state index is 0. The number of fused-ring (bicyclic) bond motifs is 1. The average molecular weight is 432 g/mol. The van der Waals surface area contributed by atoms with E-state index in [2.05, 4.69) is 4.90 Å². The third-order valence-corrected chi connectivity index (χ3v) is 5.11. The zero-order valence-corrected chi connectivity index (χ0v) is 17.7. The molecule has 7 nitrogen and oxygen atoms in total. The minimum atomic E-state index is 0. The standard InChI is InChI=1S/C19H25N3O4.2ClH/c1-12-15(10-22-5-3-4-13(8-20)9-22)21-19(26-12)14-6-16(23-2)18-17(7-14)24-11-25-18;;/h6-7,13H,3-5,8-11,20H2,1-2H3;2*1H. The smallest absolute Gasteiger partial charge is 0.231 e. The second kappa shape index (κ2) is 9.69. The predicted molar refractivity (Wildman–Crippen MR) is 111 cm³/mol. The monoisotopic (exact) mass is 431 g/mol. The summed E-state index contributed by atoms with van der Waals surface area (Å²) in [6.07, 6.45) is 2.40. The highest BCUT2D eigenvalue weighted by atomic mass is 35.5. The maximum atomic E-state index is 5.94. The number of likely N-dealkylation sites (tertiary alicyclic amines) is 1. The van der Waals surface area contributed by atoms with Crippen LogP contribution in [0.2, 0.25) is 0 Å². The molecule has 0 bridgehead atoms. The van der Waals surface area contributed by atoms with Crippen LogP contribution in [-0.4, -0.2) is 43.4 Å². The van der Waals surface area contributed by atoms with Crippen molar-refractivity contribution in [2.45, 2.75) is 26.3 Å². The molecule has 0 amide bonds. The van der Waals surface area contributed by atoms with E-state index in [-0.39, 0.29) is 31.6 Å². The molecule has 1 fully saturated rings. The van der Waals surface area contributed by atoms with Crippen molar-refractivity contribution >= 4 is 24.8 Å². The highest BCUT2D eigenvalue weighted by molar-refractivity contribution is 5.85. The first-order valence-electron chi connectivity index (χ1n) is 9.04. The average Bonchev–Trinajstić information content (AvgIpc) is 3.28. The van der Waals surface area contributed by atoms with Crippen LogP contribution < -0.4 is 19.9 Å². The Balaban J connectivity index is 0.00000140. The summed E-state index contributed by atoms with van der Waals surface area (Å²) in [6, 6.07) is 3.75. The Morgan fingerprint density at radius 2 is 2.11 bits per heavy atom. The molecule has 1 aromatic carbocycles. The Morgan fingerprint density at radius 3 is 2.86 bits per heavy atom. The SMILES string of the molecule is COc1cc(-c2nc(CN3CCCC(CN)C3)c(C)o2)cc2c1OCO2.Cl.Cl. The van der Waals surface area contributed by atoms with Crippen molar-refractivity contribution in [2.75, 3.05) is 33.5 Å². The molecule has 0 saturated carbocycles. The number of nitrogens with zero attached hydrogens (tertiary/aromatic N) is 2. The molecular formula is C19H27Cl2N3O4. The van der Waals surface area contributed by atoms with Gasteiger partial charge in [0.15, 0.2) is 11.5 Å². The van der Waals surface area contributed by atoms with Gasteiger partial charge in [-0.15, -0.1) is 24.8 Å². The van der Waals surface area contributed by atoms with Gasteiger partial charge in [-0.2, -0.15) is 0 Å². The summed E-state index contributed by atoms with van der Waals surface area (Å²) in [5, 5.41) is 0. The van der Waals surface area contributed by atoms with Gasteiger partial charge < -0.3 is 24.4 Å². The molecule has 9 heteroatoms. The van der Waals surface area contributed by atoms with Gasteiger partial charge in [-0.05, 0) is 50.9 Å². The lowest BCUT2D eigenvalue weighted by atomic mass is 9.98. The molecule has 2 N–H and O–H groups in total. The number of ether oxygens (including phenoxy) is 3. The number of hydrogen-bond donors (Lipinski definition) is 1. The third-order valence-electron chi connectivity index (χ3n) is 5.11. The van der Waals surface area contributed by atoms with E-state index in [0.29, 0.717) is 29.1 Å². The fourth-order valence-corrected chi connectivity index (χ4v) is 3.65. The first-order valence-corrected chi connectivity index (χ1v) is 9.04. The number of piperidine rings is 1. The minimum Gasteiger partial charge on any atom is -0.493 e. The zero-order chi connectivity index (χ0) is 18.1. The van der Waals surface area contributed by atoms with Crippen molar-refractivity contribution < 1.29 is 18.6 Å². The van der Waals surface area contributed by atoms with Crippen LogP contribution in [0.15, 0.2) is 16.5 Å². The number of benzene rings is 1. The lowest BCUT2D eigenvalue weighted by Crippen LogP contribution is -2.38. The van der Waals surface area contributed by atoms with E-state index in [1.165, 1.54) is 12.8 Å². The lowest BCUT2D eigenvalue weighted by molar-refractivity contribution is 0.169. The molecule has 0 radical (unpaired) electrons. The Bertz CT molecular complexity index is 800. The van der Waals surface area contributed by atoms with E-state index in [1.807, 2.05) is 19.1 Å². The molecule has 1 atom stereocenters. The van der Waals surface area contributed by atoms with Gasteiger partial charge in [-0.1, -0.05) is 0 Å². The van der Waals surface area contributed by atoms with Crippen LogP contribution in [0.1, 0.15) is 24.3 Å². The molecule has 28 heavy (non-hydrogen) atoms. The highest BCUT2D eigenvalue weighted by Gasteiger charge is 2.24. The summed E-state index contributed by atoms with van der Waals surface area (Å²) in [4.78, 5) is 7.15. The van der Waals surface area contributed by atoms with E-state index >= 15 is 0 Å². The summed E-state index contributed by atoms with van der Waals surface area (Å²) in [5.74, 6) is 3.88. The molecule has 156 valence electrons. The van der Waals surface area contributed by atoms with Crippen LogP contribution in [-0.2, 0) is 6.54 Å². The van der Waals surface area contributed by atoms with Gasteiger partial charge in [0, 0.05) is 18.7 Å². The molecule has 0 aliphatic carbocycles. The fourth-order valence-electron chi connectivity index (χ4n) is 3.65. The summed E-state index contributed by atoms with van der Waals surface area (Å²) in [6.45, 7) is 5.79. The van der Waals surface area contributed by atoms with Crippen molar-refractivity contribution in [1.82, 2.24) is 9.88 Å². The van der Waals surface area contributed by atoms with Gasteiger partial charge in [0.2, 0.25) is 18.4 Å². The van der Waals surface area contributed by atoms with Crippen molar-refractivity contribution in [1.29, 1.82) is 0 Å². The molecule has 1 unspecified atom stereocenters. The van der Waals surface area contributed by atoms with Crippen molar-refractivity contribution in [3.8, 4) is 28.7 Å². The normalized spacial score (nSPS) is 18.3. The van der Waals surface area contributed by atoms with E-state index < -0.39 is 0 Å². The summed E-state index contributed by atoms with van der Waals surface area (Å²) in [5.41, 5.74) is 7.63. The maximum absolute atomic E-state index is 5.94. The van der Waals surface area contributed by atoms with Gasteiger partial charge in [0.1, 0.15) is 5.76 Å². The van der Waals surface area contributed by atoms with Gasteiger partial charge in [-0.25, -0.2) is 4.98 Å².